The van der Waals surface area contributed by atoms with Gasteiger partial charge in [-0.3, -0.25) is 4.68 Å². The van der Waals surface area contributed by atoms with Gasteiger partial charge in [0, 0.05) is 12.8 Å². The Bertz CT molecular complexity index is 258. The Morgan fingerprint density at radius 1 is 1.75 bits per heavy atom. The predicted octanol–water partition coefficient (Wildman–Crippen LogP) is 1.20. The van der Waals surface area contributed by atoms with Crippen molar-refractivity contribution in [1.82, 2.24) is 9.78 Å². The van der Waals surface area contributed by atoms with Crippen molar-refractivity contribution in [3.8, 4) is 0 Å². The second kappa shape index (κ2) is 3.96. The molecule has 1 atom stereocenters. The molecule has 0 fully saturated rings. The number of aliphatic hydroxyl groups excluding tert-OH is 1. The quantitative estimate of drug-likeness (QED) is 0.721. The van der Waals surface area contributed by atoms with Crippen molar-refractivity contribution in [2.24, 2.45) is 7.05 Å². The monoisotopic (exact) mass is 186 g/mol. The van der Waals surface area contributed by atoms with Crippen LogP contribution >= 0.6 is 11.8 Å². The van der Waals surface area contributed by atoms with Crippen molar-refractivity contribution in [2.45, 2.75) is 25.0 Å². The molecule has 1 aromatic rings. The summed E-state index contributed by atoms with van der Waals surface area (Å²) in [5, 5.41) is 14.4. The van der Waals surface area contributed by atoms with Gasteiger partial charge in [0.05, 0.1) is 16.8 Å². The third-order valence-corrected chi connectivity index (χ3v) is 2.76. The van der Waals surface area contributed by atoms with E-state index in [9.17, 15) is 0 Å². The molecule has 0 aliphatic rings. The first-order valence-electron chi connectivity index (χ1n) is 3.91. The lowest BCUT2D eigenvalue weighted by Crippen LogP contribution is -2.03. The molecule has 4 heteroatoms. The average molecular weight is 186 g/mol. The van der Waals surface area contributed by atoms with E-state index in [2.05, 4.69) is 5.10 Å². The normalized spacial score (nSPS) is 13.3. The Kier molecular flexibility index (Phi) is 3.17. The summed E-state index contributed by atoms with van der Waals surface area (Å²) in [6, 6.07) is 2.02. The van der Waals surface area contributed by atoms with Crippen LogP contribution in [0.3, 0.4) is 0 Å². The van der Waals surface area contributed by atoms with Crippen LogP contribution in [0.1, 0.15) is 12.6 Å². The highest BCUT2D eigenvalue weighted by molar-refractivity contribution is 7.99. The first kappa shape index (κ1) is 9.61. The van der Waals surface area contributed by atoms with Crippen LogP contribution in [0, 0.1) is 6.92 Å². The lowest BCUT2D eigenvalue weighted by molar-refractivity contribution is 0.220. The Morgan fingerprint density at radius 2 is 2.42 bits per heavy atom. The summed E-state index contributed by atoms with van der Waals surface area (Å²) in [7, 11) is 1.91. The highest BCUT2D eigenvalue weighted by atomic mass is 32.2. The zero-order chi connectivity index (χ0) is 9.14. The first-order valence-corrected chi connectivity index (χ1v) is 4.89. The highest BCUT2D eigenvalue weighted by Crippen LogP contribution is 2.18. The molecule has 0 saturated carbocycles. The third-order valence-electron chi connectivity index (χ3n) is 1.43. The maximum atomic E-state index is 9.06. The van der Waals surface area contributed by atoms with Gasteiger partial charge in [-0.1, -0.05) is 0 Å². The molecule has 1 aromatic heterocycles. The zero-order valence-electron chi connectivity index (χ0n) is 7.61. The molecular formula is C8H14N2OS. The minimum absolute atomic E-state index is 0.259. The number of nitrogens with zero attached hydrogens (tertiary/aromatic N) is 2. The molecule has 3 nitrogen and oxygen atoms in total. The number of hydrogen-bond acceptors (Lipinski definition) is 3. The molecule has 1 N–H and O–H groups in total. The van der Waals surface area contributed by atoms with Crippen molar-refractivity contribution in [1.29, 1.82) is 0 Å². The van der Waals surface area contributed by atoms with Crippen LogP contribution < -0.4 is 0 Å². The fourth-order valence-electron chi connectivity index (χ4n) is 0.928. The van der Waals surface area contributed by atoms with Crippen LogP contribution in [0.2, 0.25) is 0 Å². The Hall–Kier alpha value is -0.480. The summed E-state index contributed by atoms with van der Waals surface area (Å²) in [6.45, 7) is 3.75. The van der Waals surface area contributed by atoms with E-state index in [1.54, 1.807) is 18.7 Å². The summed E-state index contributed by atoms with van der Waals surface area (Å²) >= 11 is 1.63. The SMILES string of the molecule is Cc1cc(SCC(C)O)n(C)n1. The molecule has 0 aliphatic heterocycles. The van der Waals surface area contributed by atoms with Gasteiger partial charge in [0.1, 0.15) is 0 Å². The van der Waals surface area contributed by atoms with Gasteiger partial charge in [0.2, 0.25) is 0 Å². The molecule has 0 aromatic carbocycles. The summed E-state index contributed by atoms with van der Waals surface area (Å²) in [6.07, 6.45) is -0.259. The summed E-state index contributed by atoms with van der Waals surface area (Å²) < 4.78 is 1.84. The molecule has 0 radical (unpaired) electrons. The van der Waals surface area contributed by atoms with E-state index in [1.165, 1.54) is 0 Å². The Morgan fingerprint density at radius 3 is 2.83 bits per heavy atom. The van der Waals surface area contributed by atoms with Gasteiger partial charge in [0.25, 0.3) is 0 Å². The van der Waals surface area contributed by atoms with E-state index in [4.69, 9.17) is 5.11 Å². The fourth-order valence-corrected chi connectivity index (χ4v) is 1.82. The van der Waals surface area contributed by atoms with Crippen molar-refractivity contribution >= 4 is 11.8 Å². The summed E-state index contributed by atoms with van der Waals surface area (Å²) in [4.78, 5) is 0. The van der Waals surface area contributed by atoms with Gasteiger partial charge in [-0.25, -0.2) is 0 Å². The van der Waals surface area contributed by atoms with Crippen LogP contribution in [-0.2, 0) is 7.05 Å². The van der Waals surface area contributed by atoms with Gasteiger partial charge in [0.15, 0.2) is 0 Å². The number of hydrogen-bond donors (Lipinski definition) is 1. The molecule has 0 bridgehead atoms. The second-order valence-electron chi connectivity index (χ2n) is 2.91. The molecule has 0 saturated heterocycles. The Balaban J connectivity index is 2.57. The fraction of sp³-hybridized carbons (Fsp3) is 0.625. The third kappa shape index (κ3) is 2.53. The molecule has 68 valence electrons. The minimum atomic E-state index is -0.259. The number of aryl methyl sites for hydroxylation is 2. The zero-order valence-corrected chi connectivity index (χ0v) is 8.43. The van der Waals surface area contributed by atoms with Crippen LogP contribution in [0.4, 0.5) is 0 Å². The second-order valence-corrected chi connectivity index (χ2v) is 3.95. The summed E-state index contributed by atoms with van der Waals surface area (Å²) in [5.74, 6) is 0.721. The molecule has 1 rings (SSSR count). The van der Waals surface area contributed by atoms with Gasteiger partial charge in [-0.05, 0) is 19.9 Å². The molecule has 0 spiro atoms. The van der Waals surface area contributed by atoms with Crippen LogP contribution in [0.15, 0.2) is 11.1 Å². The average Bonchev–Trinajstić information content (AvgIpc) is 2.26. The predicted molar refractivity (Wildman–Crippen MR) is 50.3 cm³/mol. The van der Waals surface area contributed by atoms with Crippen LogP contribution in [0.5, 0.6) is 0 Å². The van der Waals surface area contributed by atoms with Gasteiger partial charge >= 0.3 is 0 Å². The van der Waals surface area contributed by atoms with E-state index < -0.39 is 0 Å². The number of aliphatic hydroxyl groups is 1. The lowest BCUT2D eigenvalue weighted by Gasteiger charge is -2.02. The largest absolute Gasteiger partial charge is 0.393 e. The van der Waals surface area contributed by atoms with Crippen LogP contribution in [0.25, 0.3) is 0 Å². The molecule has 0 amide bonds. The van der Waals surface area contributed by atoms with E-state index >= 15 is 0 Å². The minimum Gasteiger partial charge on any atom is -0.393 e. The van der Waals surface area contributed by atoms with E-state index in [1.807, 2.05) is 24.7 Å². The number of aromatic nitrogens is 2. The maximum Gasteiger partial charge on any atom is 0.0940 e. The number of thioether (sulfide) groups is 1. The standard InChI is InChI=1S/C8H14N2OS/c1-6-4-8(10(3)9-6)12-5-7(2)11/h4,7,11H,5H2,1-3H3. The van der Waals surface area contributed by atoms with Crippen molar-refractivity contribution in [3.63, 3.8) is 0 Å². The topological polar surface area (TPSA) is 38.0 Å². The molecule has 1 unspecified atom stereocenters. The smallest absolute Gasteiger partial charge is 0.0940 e. The molecule has 1 heterocycles. The first-order chi connectivity index (χ1) is 5.59. The van der Waals surface area contributed by atoms with E-state index in [0.717, 1.165) is 16.5 Å². The molecule has 12 heavy (non-hydrogen) atoms. The van der Waals surface area contributed by atoms with Gasteiger partial charge in [-0.2, -0.15) is 5.10 Å². The lowest BCUT2D eigenvalue weighted by atomic mass is 10.5. The van der Waals surface area contributed by atoms with Crippen molar-refractivity contribution in [3.05, 3.63) is 11.8 Å². The van der Waals surface area contributed by atoms with E-state index in [0.29, 0.717) is 0 Å². The van der Waals surface area contributed by atoms with Gasteiger partial charge < -0.3 is 5.11 Å². The van der Waals surface area contributed by atoms with Crippen LogP contribution in [-0.4, -0.2) is 26.7 Å². The Labute approximate surface area is 76.8 Å². The number of rotatable bonds is 3. The molecular weight excluding hydrogens is 172 g/mol. The molecule has 0 aliphatic carbocycles. The highest BCUT2D eigenvalue weighted by Gasteiger charge is 2.03. The van der Waals surface area contributed by atoms with Gasteiger partial charge in [-0.15, -0.1) is 11.8 Å². The maximum absolute atomic E-state index is 9.06. The van der Waals surface area contributed by atoms with E-state index in [-0.39, 0.29) is 6.10 Å². The summed E-state index contributed by atoms with van der Waals surface area (Å²) in [5.41, 5.74) is 1.02. The van der Waals surface area contributed by atoms with Crippen molar-refractivity contribution < 1.29 is 5.11 Å². The van der Waals surface area contributed by atoms with Crippen molar-refractivity contribution in [2.75, 3.05) is 5.75 Å².